The number of hydrogen-bond acceptors (Lipinski definition) is 3. The molecular weight excluding hydrogens is 282 g/mol. The van der Waals surface area contributed by atoms with Crippen molar-refractivity contribution in [1.29, 1.82) is 5.26 Å². The van der Waals surface area contributed by atoms with Gasteiger partial charge < -0.3 is 0 Å². The zero-order valence-corrected chi connectivity index (χ0v) is 10.2. The van der Waals surface area contributed by atoms with Gasteiger partial charge in [-0.1, -0.05) is 15.9 Å². The molecule has 0 atom stereocenters. The maximum atomic E-state index is 11.2. The molecule has 0 aromatic heterocycles. The van der Waals surface area contributed by atoms with Crippen molar-refractivity contribution < 1.29 is 8.42 Å². The standard InChI is InChI=1S/C8H8BrN3O2S/c1-11-15(13,14)12-8-3-2-7(9)4-6(8)5-10/h2-4,11-12H,1H3. The average Bonchev–Trinajstić information content (AvgIpc) is 2.20. The summed E-state index contributed by atoms with van der Waals surface area (Å²) in [6.45, 7) is 0. The van der Waals surface area contributed by atoms with Crippen LogP contribution in [0.15, 0.2) is 22.7 Å². The summed E-state index contributed by atoms with van der Waals surface area (Å²) in [5.74, 6) is 0. The van der Waals surface area contributed by atoms with E-state index in [9.17, 15) is 8.42 Å². The van der Waals surface area contributed by atoms with Crippen molar-refractivity contribution in [3.8, 4) is 6.07 Å². The Morgan fingerprint density at radius 2 is 2.13 bits per heavy atom. The molecule has 2 N–H and O–H groups in total. The third kappa shape index (κ3) is 3.20. The molecule has 7 heteroatoms. The lowest BCUT2D eigenvalue weighted by Crippen LogP contribution is -2.26. The zero-order chi connectivity index (χ0) is 11.5. The van der Waals surface area contributed by atoms with Crippen LogP contribution in [0.2, 0.25) is 0 Å². The first-order chi connectivity index (χ1) is 6.98. The van der Waals surface area contributed by atoms with Gasteiger partial charge in [0, 0.05) is 11.5 Å². The molecule has 5 nitrogen and oxygen atoms in total. The van der Waals surface area contributed by atoms with Gasteiger partial charge in [0.2, 0.25) is 0 Å². The van der Waals surface area contributed by atoms with E-state index in [4.69, 9.17) is 5.26 Å². The molecule has 0 unspecified atom stereocenters. The molecule has 0 bridgehead atoms. The molecule has 0 heterocycles. The van der Waals surface area contributed by atoms with Crippen LogP contribution in [-0.4, -0.2) is 15.5 Å². The summed E-state index contributed by atoms with van der Waals surface area (Å²) in [7, 11) is -2.30. The van der Waals surface area contributed by atoms with E-state index in [1.165, 1.54) is 19.2 Å². The monoisotopic (exact) mass is 289 g/mol. The highest BCUT2D eigenvalue weighted by atomic mass is 79.9. The quantitative estimate of drug-likeness (QED) is 0.877. The van der Waals surface area contributed by atoms with E-state index in [1.54, 1.807) is 6.07 Å². The first-order valence-corrected chi connectivity index (χ1v) is 6.17. The second-order valence-electron chi connectivity index (χ2n) is 2.61. The van der Waals surface area contributed by atoms with Gasteiger partial charge in [-0.2, -0.15) is 13.7 Å². The van der Waals surface area contributed by atoms with Crippen molar-refractivity contribution >= 4 is 31.8 Å². The van der Waals surface area contributed by atoms with Crippen LogP contribution in [0.3, 0.4) is 0 Å². The molecule has 0 radical (unpaired) electrons. The fraction of sp³-hybridized carbons (Fsp3) is 0.125. The highest BCUT2D eigenvalue weighted by Crippen LogP contribution is 2.20. The van der Waals surface area contributed by atoms with Crippen molar-refractivity contribution in [3.05, 3.63) is 28.2 Å². The zero-order valence-electron chi connectivity index (χ0n) is 7.78. The Morgan fingerprint density at radius 3 is 2.67 bits per heavy atom. The second-order valence-corrected chi connectivity index (χ2v) is 5.15. The predicted octanol–water partition coefficient (Wildman–Crippen LogP) is 1.20. The van der Waals surface area contributed by atoms with Gasteiger partial charge in [-0.15, -0.1) is 0 Å². The Hall–Kier alpha value is -1.10. The highest BCUT2D eigenvalue weighted by molar-refractivity contribution is 9.10. The van der Waals surface area contributed by atoms with E-state index in [2.05, 4.69) is 25.4 Å². The van der Waals surface area contributed by atoms with Gasteiger partial charge in [-0.25, -0.2) is 4.72 Å². The molecule has 80 valence electrons. The minimum absolute atomic E-state index is 0.245. The summed E-state index contributed by atoms with van der Waals surface area (Å²) in [5.41, 5.74) is 0.498. The number of nitrogens with one attached hydrogen (secondary N) is 2. The van der Waals surface area contributed by atoms with E-state index in [1.807, 2.05) is 6.07 Å². The molecule has 0 aliphatic heterocycles. The van der Waals surface area contributed by atoms with Crippen LogP contribution in [0.4, 0.5) is 5.69 Å². The van der Waals surface area contributed by atoms with Gasteiger partial charge in [0.1, 0.15) is 6.07 Å². The third-order valence-electron chi connectivity index (χ3n) is 1.62. The Morgan fingerprint density at radius 1 is 1.47 bits per heavy atom. The van der Waals surface area contributed by atoms with Crippen LogP contribution in [0.1, 0.15) is 5.56 Å². The maximum Gasteiger partial charge on any atom is 0.298 e. The number of hydrogen-bond donors (Lipinski definition) is 2. The summed E-state index contributed by atoms with van der Waals surface area (Å²) in [4.78, 5) is 0. The lowest BCUT2D eigenvalue weighted by Gasteiger charge is -2.07. The van der Waals surface area contributed by atoms with Crippen molar-refractivity contribution in [2.24, 2.45) is 0 Å². The Labute approximate surface area is 96.4 Å². The minimum Gasteiger partial charge on any atom is -0.270 e. The molecule has 15 heavy (non-hydrogen) atoms. The molecule has 0 saturated carbocycles. The molecule has 1 rings (SSSR count). The number of benzene rings is 1. The third-order valence-corrected chi connectivity index (χ3v) is 3.13. The Kier molecular flexibility index (Phi) is 3.68. The molecule has 0 saturated heterocycles. The fourth-order valence-corrected chi connectivity index (χ4v) is 1.82. The van der Waals surface area contributed by atoms with E-state index in [0.29, 0.717) is 4.47 Å². The molecule has 0 aliphatic rings. The van der Waals surface area contributed by atoms with Crippen LogP contribution in [-0.2, 0) is 10.2 Å². The molecule has 0 aliphatic carbocycles. The summed E-state index contributed by atoms with van der Waals surface area (Å²) < 4.78 is 27.4. The first kappa shape index (κ1) is 12.0. The van der Waals surface area contributed by atoms with E-state index >= 15 is 0 Å². The van der Waals surface area contributed by atoms with Gasteiger partial charge in [-0.05, 0) is 18.2 Å². The summed E-state index contributed by atoms with van der Waals surface area (Å²) in [6.07, 6.45) is 0. The second kappa shape index (κ2) is 4.61. The SMILES string of the molecule is CNS(=O)(=O)Nc1ccc(Br)cc1C#N. The van der Waals surface area contributed by atoms with Crippen LogP contribution in [0.5, 0.6) is 0 Å². The van der Waals surface area contributed by atoms with Crippen LogP contribution in [0.25, 0.3) is 0 Å². The van der Waals surface area contributed by atoms with Gasteiger partial charge in [0.25, 0.3) is 10.2 Å². The van der Waals surface area contributed by atoms with E-state index < -0.39 is 10.2 Å². The van der Waals surface area contributed by atoms with Crippen LogP contribution in [0, 0.1) is 11.3 Å². The first-order valence-electron chi connectivity index (χ1n) is 3.89. The van der Waals surface area contributed by atoms with Gasteiger partial charge in [-0.3, -0.25) is 4.72 Å². The number of nitriles is 1. The topological polar surface area (TPSA) is 82.0 Å². The Balaban J connectivity index is 3.12. The maximum absolute atomic E-state index is 11.2. The summed E-state index contributed by atoms with van der Waals surface area (Å²) >= 11 is 3.19. The van der Waals surface area contributed by atoms with E-state index in [0.717, 1.165) is 0 Å². The summed E-state index contributed by atoms with van der Waals surface area (Å²) in [6, 6.07) is 6.59. The highest BCUT2D eigenvalue weighted by Gasteiger charge is 2.09. The van der Waals surface area contributed by atoms with Crippen LogP contribution < -0.4 is 9.44 Å². The van der Waals surface area contributed by atoms with Crippen LogP contribution >= 0.6 is 15.9 Å². The Bertz CT molecular complexity index is 507. The molecule has 0 spiro atoms. The van der Waals surface area contributed by atoms with Gasteiger partial charge in [0.15, 0.2) is 0 Å². The van der Waals surface area contributed by atoms with Crippen molar-refractivity contribution in [3.63, 3.8) is 0 Å². The molecule has 0 fully saturated rings. The van der Waals surface area contributed by atoms with Gasteiger partial charge >= 0.3 is 0 Å². The predicted molar refractivity (Wildman–Crippen MR) is 60.5 cm³/mol. The van der Waals surface area contributed by atoms with E-state index in [-0.39, 0.29) is 11.3 Å². The number of anilines is 1. The number of nitrogens with zero attached hydrogens (tertiary/aromatic N) is 1. The lowest BCUT2D eigenvalue weighted by atomic mass is 10.2. The lowest BCUT2D eigenvalue weighted by molar-refractivity contribution is 0.593. The number of rotatable bonds is 3. The minimum atomic E-state index is -3.58. The summed E-state index contributed by atoms with van der Waals surface area (Å²) in [5, 5.41) is 8.79. The molecular formula is C8H8BrN3O2S. The van der Waals surface area contributed by atoms with Crippen molar-refractivity contribution in [2.75, 3.05) is 11.8 Å². The van der Waals surface area contributed by atoms with Crippen molar-refractivity contribution in [1.82, 2.24) is 4.72 Å². The van der Waals surface area contributed by atoms with Gasteiger partial charge in [0.05, 0.1) is 11.3 Å². The molecule has 1 aromatic carbocycles. The smallest absolute Gasteiger partial charge is 0.270 e. The molecule has 1 aromatic rings. The molecule has 0 amide bonds. The number of halogens is 1. The fourth-order valence-electron chi connectivity index (χ4n) is 0.894. The average molecular weight is 290 g/mol. The van der Waals surface area contributed by atoms with Crippen molar-refractivity contribution in [2.45, 2.75) is 0 Å². The normalized spacial score (nSPS) is 10.7. The largest absolute Gasteiger partial charge is 0.298 e.